The minimum Gasteiger partial charge on any atom is -0.449 e. The molecule has 0 aromatic rings. The summed E-state index contributed by atoms with van der Waals surface area (Å²) in [5.74, 6) is 0. The lowest BCUT2D eigenvalue weighted by Crippen LogP contribution is -2.12. The molecular weight excluding hydrogens is 154 g/mol. The maximum Gasteiger partial charge on any atom is 0.518 e. The Bertz CT molecular complexity index is 194. The molecule has 0 amide bonds. The topological polar surface area (TPSA) is 96.6 Å². The number of nitrogens with zero attached hydrogens (tertiary/aromatic N) is 1. The first kappa shape index (κ1) is 9.23. The number of rotatable bonds is 2. The quantitative estimate of drug-likeness (QED) is 0.362. The first-order valence-corrected chi connectivity index (χ1v) is 2.61. The SMILES string of the molecule is N#CCCOC(=O)OC(=O)O. The lowest BCUT2D eigenvalue weighted by atomic mass is 10.5. The maximum atomic E-state index is 10.2. The van der Waals surface area contributed by atoms with Crippen LogP contribution >= 0.6 is 0 Å². The molecule has 6 nitrogen and oxygen atoms in total. The van der Waals surface area contributed by atoms with Crippen LogP contribution in [0.3, 0.4) is 0 Å². The number of carboxylic acid groups (broad SMARTS) is 1. The van der Waals surface area contributed by atoms with Crippen LogP contribution in [0.4, 0.5) is 9.59 Å². The summed E-state index contributed by atoms with van der Waals surface area (Å²) < 4.78 is 7.67. The fourth-order valence-electron chi connectivity index (χ4n) is 0.281. The van der Waals surface area contributed by atoms with E-state index in [0.717, 1.165) is 0 Å². The third kappa shape index (κ3) is 6.11. The van der Waals surface area contributed by atoms with Crippen molar-refractivity contribution in [3.63, 3.8) is 0 Å². The normalized spacial score (nSPS) is 7.91. The molecule has 0 radical (unpaired) electrons. The highest BCUT2D eigenvalue weighted by molar-refractivity contribution is 5.75. The minimum atomic E-state index is -1.73. The Kier molecular flexibility index (Phi) is 4.24. The number of carbonyl (C=O) groups excluding carboxylic acids is 1. The lowest BCUT2D eigenvalue weighted by molar-refractivity contribution is 0.0558. The van der Waals surface area contributed by atoms with Crippen LogP contribution in [-0.2, 0) is 9.47 Å². The van der Waals surface area contributed by atoms with Gasteiger partial charge in [0.25, 0.3) is 0 Å². The largest absolute Gasteiger partial charge is 0.518 e. The van der Waals surface area contributed by atoms with Gasteiger partial charge in [-0.05, 0) is 0 Å². The highest BCUT2D eigenvalue weighted by Crippen LogP contribution is 1.87. The number of hydrogen-bond donors (Lipinski definition) is 1. The molecule has 0 bridgehead atoms. The molecule has 0 atom stereocenters. The lowest BCUT2D eigenvalue weighted by Gasteiger charge is -1.97. The summed E-state index contributed by atoms with van der Waals surface area (Å²) in [6.45, 7) is -0.164. The van der Waals surface area contributed by atoms with Crippen molar-refractivity contribution in [2.24, 2.45) is 0 Å². The van der Waals surface area contributed by atoms with Crippen molar-refractivity contribution in [1.82, 2.24) is 0 Å². The van der Waals surface area contributed by atoms with Crippen LogP contribution < -0.4 is 0 Å². The van der Waals surface area contributed by atoms with Crippen LogP contribution in [0.1, 0.15) is 6.42 Å². The van der Waals surface area contributed by atoms with E-state index < -0.39 is 12.3 Å². The fraction of sp³-hybridized carbons (Fsp3) is 0.400. The Morgan fingerprint density at radius 2 is 2.18 bits per heavy atom. The summed E-state index contributed by atoms with van der Waals surface area (Å²) in [5, 5.41) is 15.8. The van der Waals surface area contributed by atoms with Crippen molar-refractivity contribution < 1.29 is 24.2 Å². The summed E-state index contributed by atoms with van der Waals surface area (Å²) in [5.41, 5.74) is 0. The maximum absolute atomic E-state index is 10.2. The van der Waals surface area contributed by atoms with E-state index >= 15 is 0 Å². The van der Waals surface area contributed by atoms with Gasteiger partial charge in [0.2, 0.25) is 0 Å². The van der Waals surface area contributed by atoms with Crippen LogP contribution in [-0.4, -0.2) is 24.0 Å². The van der Waals surface area contributed by atoms with Crippen molar-refractivity contribution in [2.45, 2.75) is 6.42 Å². The molecule has 0 aliphatic heterocycles. The Balaban J connectivity index is 3.39. The zero-order valence-electron chi connectivity index (χ0n) is 5.44. The third-order valence-corrected chi connectivity index (χ3v) is 0.604. The Hall–Kier alpha value is -1.77. The molecule has 0 aromatic carbocycles. The first-order valence-electron chi connectivity index (χ1n) is 2.61. The van der Waals surface area contributed by atoms with Gasteiger partial charge in [0.15, 0.2) is 0 Å². The van der Waals surface area contributed by atoms with Crippen LogP contribution in [0.2, 0.25) is 0 Å². The van der Waals surface area contributed by atoms with E-state index in [9.17, 15) is 9.59 Å². The van der Waals surface area contributed by atoms with Crippen LogP contribution in [0.5, 0.6) is 0 Å². The number of carbonyl (C=O) groups is 2. The molecule has 0 heterocycles. The van der Waals surface area contributed by atoms with Crippen LogP contribution in [0, 0.1) is 11.3 Å². The van der Waals surface area contributed by atoms with Gasteiger partial charge < -0.3 is 14.6 Å². The van der Waals surface area contributed by atoms with E-state index in [4.69, 9.17) is 10.4 Å². The summed E-state index contributed by atoms with van der Waals surface area (Å²) in [6, 6.07) is 1.70. The van der Waals surface area contributed by atoms with E-state index in [-0.39, 0.29) is 13.0 Å². The standard InChI is InChI=1S/C5H5NO5/c6-2-1-3-10-5(9)11-4(7)8/h1,3H2,(H,7,8). The van der Waals surface area contributed by atoms with Gasteiger partial charge in [-0.2, -0.15) is 5.26 Å². The molecule has 60 valence electrons. The van der Waals surface area contributed by atoms with Crippen molar-refractivity contribution in [3.8, 4) is 6.07 Å². The molecule has 6 heteroatoms. The van der Waals surface area contributed by atoms with Gasteiger partial charge in [-0.1, -0.05) is 0 Å². The number of nitriles is 1. The molecule has 0 aliphatic rings. The molecule has 0 spiro atoms. The Morgan fingerprint density at radius 3 is 2.64 bits per heavy atom. The van der Waals surface area contributed by atoms with Gasteiger partial charge in [-0.25, -0.2) is 9.59 Å². The molecule has 0 aliphatic carbocycles. The molecule has 0 unspecified atom stereocenters. The first-order chi connectivity index (χ1) is 5.16. The summed E-state index contributed by atoms with van der Waals surface area (Å²) in [4.78, 5) is 19.8. The van der Waals surface area contributed by atoms with Crippen LogP contribution in [0.15, 0.2) is 0 Å². The molecule has 0 saturated heterocycles. The third-order valence-electron chi connectivity index (χ3n) is 0.604. The van der Waals surface area contributed by atoms with Crippen molar-refractivity contribution >= 4 is 12.3 Å². The number of hydrogen-bond acceptors (Lipinski definition) is 5. The zero-order chi connectivity index (χ0) is 8.69. The molecule has 0 aromatic heterocycles. The van der Waals surface area contributed by atoms with Gasteiger partial charge >= 0.3 is 12.3 Å². The van der Waals surface area contributed by atoms with E-state index in [0.29, 0.717) is 0 Å². The second-order valence-electron chi connectivity index (χ2n) is 1.37. The van der Waals surface area contributed by atoms with Crippen molar-refractivity contribution in [1.29, 1.82) is 5.26 Å². The molecular formula is C5H5NO5. The highest BCUT2D eigenvalue weighted by Gasteiger charge is 2.08. The van der Waals surface area contributed by atoms with E-state index in [1.165, 1.54) is 0 Å². The predicted octanol–water partition coefficient (Wildman–Crippen LogP) is 0.731. The number of ether oxygens (including phenoxy) is 2. The summed E-state index contributed by atoms with van der Waals surface area (Å²) in [7, 11) is 0. The summed E-state index contributed by atoms with van der Waals surface area (Å²) in [6.07, 6.45) is -3.03. The van der Waals surface area contributed by atoms with Crippen LogP contribution in [0.25, 0.3) is 0 Å². The summed E-state index contributed by atoms with van der Waals surface area (Å²) >= 11 is 0. The van der Waals surface area contributed by atoms with E-state index in [2.05, 4.69) is 9.47 Å². The average Bonchev–Trinajstić information content (AvgIpc) is 1.86. The zero-order valence-corrected chi connectivity index (χ0v) is 5.44. The second-order valence-corrected chi connectivity index (χ2v) is 1.37. The van der Waals surface area contributed by atoms with Gasteiger partial charge in [0, 0.05) is 0 Å². The van der Waals surface area contributed by atoms with E-state index in [1.54, 1.807) is 6.07 Å². The molecule has 0 fully saturated rings. The van der Waals surface area contributed by atoms with Crippen molar-refractivity contribution in [3.05, 3.63) is 0 Å². The van der Waals surface area contributed by atoms with Gasteiger partial charge in [0.05, 0.1) is 12.5 Å². The molecule has 0 saturated carbocycles. The van der Waals surface area contributed by atoms with Gasteiger partial charge in [0.1, 0.15) is 6.61 Å². The molecule has 11 heavy (non-hydrogen) atoms. The smallest absolute Gasteiger partial charge is 0.449 e. The van der Waals surface area contributed by atoms with E-state index in [1.807, 2.05) is 0 Å². The Morgan fingerprint density at radius 1 is 1.55 bits per heavy atom. The van der Waals surface area contributed by atoms with Gasteiger partial charge in [-0.3, -0.25) is 0 Å². The fourth-order valence-corrected chi connectivity index (χ4v) is 0.281. The molecule has 1 N–H and O–H groups in total. The van der Waals surface area contributed by atoms with Crippen molar-refractivity contribution in [2.75, 3.05) is 6.61 Å². The van der Waals surface area contributed by atoms with Gasteiger partial charge in [-0.15, -0.1) is 0 Å². The highest BCUT2D eigenvalue weighted by atomic mass is 16.8. The average molecular weight is 159 g/mol. The monoisotopic (exact) mass is 159 g/mol. The predicted molar refractivity (Wildman–Crippen MR) is 30.7 cm³/mol. The second kappa shape index (κ2) is 5.05. The molecule has 0 rings (SSSR count). The minimum absolute atomic E-state index is 0.00865. The Labute approximate surface area is 61.9 Å².